The van der Waals surface area contributed by atoms with Gasteiger partial charge in [0.05, 0.1) is 34.2 Å². The fourth-order valence-corrected chi connectivity index (χ4v) is 6.32. The molecule has 0 amide bonds. The van der Waals surface area contributed by atoms with Crippen molar-refractivity contribution in [3.05, 3.63) is 57.9 Å². The molecule has 1 aliphatic heterocycles. The summed E-state index contributed by atoms with van der Waals surface area (Å²) >= 11 is 0. The van der Waals surface area contributed by atoms with Gasteiger partial charge >= 0.3 is 5.97 Å². The van der Waals surface area contributed by atoms with Crippen LogP contribution in [-0.2, 0) is 14.6 Å². The highest BCUT2D eigenvalue weighted by atomic mass is 32.2. The Balaban J connectivity index is 1.48. The number of esters is 1. The molecular weight excluding hydrogens is 454 g/mol. The summed E-state index contributed by atoms with van der Waals surface area (Å²) in [5.41, 5.74) is 4.53. The highest BCUT2D eigenvalue weighted by molar-refractivity contribution is 7.91. The van der Waals surface area contributed by atoms with Crippen molar-refractivity contribution in [1.29, 1.82) is 0 Å². The van der Waals surface area contributed by atoms with Crippen LogP contribution < -0.4 is 0 Å². The van der Waals surface area contributed by atoms with Gasteiger partial charge in [0.15, 0.2) is 22.1 Å². The molecule has 3 aromatic rings. The van der Waals surface area contributed by atoms with Crippen LogP contribution in [0.3, 0.4) is 0 Å². The van der Waals surface area contributed by atoms with E-state index in [-0.39, 0.29) is 35.9 Å². The number of pyridine rings is 1. The van der Waals surface area contributed by atoms with Crippen molar-refractivity contribution in [2.75, 3.05) is 18.1 Å². The van der Waals surface area contributed by atoms with E-state index in [2.05, 4.69) is 5.10 Å². The lowest BCUT2D eigenvalue weighted by Crippen LogP contribution is -2.16. The molecule has 9 heteroatoms. The molecule has 1 saturated carbocycles. The van der Waals surface area contributed by atoms with Gasteiger partial charge in [-0.25, -0.2) is 22.9 Å². The first-order valence-electron chi connectivity index (χ1n) is 11.5. The number of aromatic nitrogens is 3. The van der Waals surface area contributed by atoms with Crippen molar-refractivity contribution < 1.29 is 22.7 Å². The van der Waals surface area contributed by atoms with Gasteiger partial charge in [0.1, 0.15) is 0 Å². The van der Waals surface area contributed by atoms with Crippen LogP contribution in [0.4, 0.5) is 0 Å². The molecule has 0 N–H and O–H groups in total. The Kier molecular flexibility index (Phi) is 5.55. The van der Waals surface area contributed by atoms with E-state index >= 15 is 0 Å². The number of hydrogen-bond donors (Lipinski definition) is 0. The zero-order valence-electron chi connectivity index (χ0n) is 19.5. The zero-order valence-corrected chi connectivity index (χ0v) is 20.3. The molecule has 5 rings (SSSR count). The van der Waals surface area contributed by atoms with Crippen LogP contribution in [-0.4, -0.2) is 53.0 Å². The Morgan fingerprint density at radius 3 is 2.53 bits per heavy atom. The first kappa shape index (κ1) is 22.7. The standard InChI is InChI=1S/C25H27N3O5S/c1-14-4-5-15(2)19(10-14)22(29)12-33-25(30)20-11-21(17-6-7-17)26-24-23(20)16(3)27-28(24)18-8-9-34(31,32)13-18/h4-5,10-11,17-18H,6-9,12-13H2,1-3H3/t18-/m1/s1. The molecular formula is C25H27N3O5S. The molecule has 2 aliphatic rings. The molecule has 0 unspecified atom stereocenters. The summed E-state index contributed by atoms with van der Waals surface area (Å²) < 4.78 is 31.3. The molecule has 2 aromatic heterocycles. The predicted molar refractivity (Wildman–Crippen MR) is 127 cm³/mol. The second-order valence-corrected chi connectivity index (χ2v) is 11.7. The number of ketones is 1. The lowest BCUT2D eigenvalue weighted by Gasteiger charge is -2.12. The fraction of sp³-hybridized carbons (Fsp3) is 0.440. The van der Waals surface area contributed by atoms with Crippen molar-refractivity contribution >= 4 is 32.6 Å². The van der Waals surface area contributed by atoms with Crippen LogP contribution in [0.5, 0.6) is 0 Å². The minimum Gasteiger partial charge on any atom is -0.454 e. The van der Waals surface area contributed by atoms with E-state index in [4.69, 9.17) is 9.72 Å². The van der Waals surface area contributed by atoms with Crippen LogP contribution in [0.15, 0.2) is 24.3 Å². The highest BCUT2D eigenvalue weighted by Crippen LogP contribution is 2.41. The lowest BCUT2D eigenvalue weighted by atomic mass is 10.0. The fourth-order valence-electron chi connectivity index (χ4n) is 4.63. The van der Waals surface area contributed by atoms with E-state index in [0.29, 0.717) is 34.3 Å². The van der Waals surface area contributed by atoms with Gasteiger partial charge in [-0.1, -0.05) is 17.7 Å². The van der Waals surface area contributed by atoms with Gasteiger partial charge in [0.25, 0.3) is 0 Å². The summed E-state index contributed by atoms with van der Waals surface area (Å²) in [5, 5.41) is 5.13. The largest absolute Gasteiger partial charge is 0.454 e. The Hall–Kier alpha value is -3.07. The molecule has 8 nitrogen and oxygen atoms in total. The van der Waals surface area contributed by atoms with Gasteiger partial charge in [-0.2, -0.15) is 5.10 Å². The monoisotopic (exact) mass is 481 g/mol. The number of aryl methyl sites for hydroxylation is 3. The third-order valence-electron chi connectivity index (χ3n) is 6.65. The Morgan fingerprint density at radius 1 is 1.09 bits per heavy atom. The van der Waals surface area contributed by atoms with Crippen molar-refractivity contribution in [2.45, 2.75) is 52.0 Å². The summed E-state index contributed by atoms with van der Waals surface area (Å²) in [6.07, 6.45) is 2.45. The smallest absolute Gasteiger partial charge is 0.339 e. The third-order valence-corrected chi connectivity index (χ3v) is 8.40. The first-order chi connectivity index (χ1) is 16.1. The molecule has 1 saturated heterocycles. The third kappa shape index (κ3) is 4.24. The Labute approximate surface area is 198 Å². The van der Waals surface area contributed by atoms with Gasteiger partial charge in [0.2, 0.25) is 5.78 Å². The number of ether oxygens (including phenoxy) is 1. The number of rotatable bonds is 6. The Morgan fingerprint density at radius 2 is 1.85 bits per heavy atom. The average molecular weight is 482 g/mol. The minimum absolute atomic E-state index is 0.0165. The number of carbonyl (C=O) groups is 2. The number of benzene rings is 1. The predicted octanol–water partition coefficient (Wildman–Crippen LogP) is 3.63. The summed E-state index contributed by atoms with van der Waals surface area (Å²) in [4.78, 5) is 30.7. The molecule has 1 atom stereocenters. The number of Topliss-reactive ketones (excluding diaryl/α,β-unsaturated/α-hetero) is 1. The van der Waals surface area contributed by atoms with Gasteiger partial charge in [-0.05, 0) is 57.7 Å². The van der Waals surface area contributed by atoms with Crippen molar-refractivity contribution in [1.82, 2.24) is 14.8 Å². The van der Waals surface area contributed by atoms with Crippen LogP contribution in [0.2, 0.25) is 0 Å². The second kappa shape index (κ2) is 8.30. The number of nitrogens with zero attached hydrogens (tertiary/aromatic N) is 3. The summed E-state index contributed by atoms with van der Waals surface area (Å²) in [6.45, 7) is 5.17. The van der Waals surface area contributed by atoms with E-state index in [1.54, 1.807) is 23.7 Å². The molecule has 34 heavy (non-hydrogen) atoms. The number of fused-ring (bicyclic) bond motifs is 1. The average Bonchev–Trinajstić information content (AvgIpc) is 3.51. The molecule has 0 bridgehead atoms. The molecule has 0 spiro atoms. The van der Waals surface area contributed by atoms with Crippen molar-refractivity contribution in [2.24, 2.45) is 0 Å². The van der Waals surface area contributed by atoms with Crippen LogP contribution >= 0.6 is 0 Å². The van der Waals surface area contributed by atoms with E-state index in [1.165, 1.54) is 0 Å². The second-order valence-electron chi connectivity index (χ2n) is 9.47. The normalized spacial score (nSPS) is 19.4. The van der Waals surface area contributed by atoms with E-state index in [1.807, 2.05) is 26.0 Å². The molecule has 3 heterocycles. The molecule has 0 radical (unpaired) electrons. The van der Waals surface area contributed by atoms with Gasteiger partial charge < -0.3 is 4.74 Å². The zero-order chi connectivity index (χ0) is 24.2. The van der Waals surface area contributed by atoms with Gasteiger partial charge in [-0.3, -0.25) is 4.79 Å². The SMILES string of the molecule is Cc1ccc(C)c(C(=O)COC(=O)c2cc(C3CC3)nc3c2c(C)nn3[C@@H]2CCS(=O)(=O)C2)c1. The van der Waals surface area contributed by atoms with Gasteiger partial charge in [0, 0.05) is 17.2 Å². The van der Waals surface area contributed by atoms with E-state index in [9.17, 15) is 18.0 Å². The van der Waals surface area contributed by atoms with Crippen LogP contribution in [0, 0.1) is 20.8 Å². The molecule has 1 aromatic carbocycles. The van der Waals surface area contributed by atoms with E-state index in [0.717, 1.165) is 29.7 Å². The van der Waals surface area contributed by atoms with Gasteiger partial charge in [-0.15, -0.1) is 0 Å². The quantitative estimate of drug-likeness (QED) is 0.391. The summed E-state index contributed by atoms with van der Waals surface area (Å²) in [7, 11) is -3.11. The van der Waals surface area contributed by atoms with Crippen molar-refractivity contribution in [3.63, 3.8) is 0 Å². The summed E-state index contributed by atoms with van der Waals surface area (Å²) in [6, 6.07) is 7.04. The maximum absolute atomic E-state index is 13.2. The topological polar surface area (TPSA) is 108 Å². The van der Waals surface area contributed by atoms with Crippen LogP contribution in [0.25, 0.3) is 11.0 Å². The minimum atomic E-state index is -3.11. The lowest BCUT2D eigenvalue weighted by molar-refractivity contribution is 0.0476. The molecule has 2 fully saturated rings. The maximum atomic E-state index is 13.2. The highest BCUT2D eigenvalue weighted by Gasteiger charge is 2.34. The van der Waals surface area contributed by atoms with Crippen molar-refractivity contribution in [3.8, 4) is 0 Å². The van der Waals surface area contributed by atoms with Crippen LogP contribution in [0.1, 0.15) is 74.5 Å². The van der Waals surface area contributed by atoms with E-state index < -0.39 is 15.8 Å². The number of hydrogen-bond acceptors (Lipinski definition) is 7. The number of sulfone groups is 1. The summed E-state index contributed by atoms with van der Waals surface area (Å²) in [5.74, 6) is -0.456. The maximum Gasteiger partial charge on any atom is 0.339 e. The number of carbonyl (C=O) groups excluding carboxylic acids is 2. The Bertz CT molecular complexity index is 1440. The molecule has 1 aliphatic carbocycles. The first-order valence-corrected chi connectivity index (χ1v) is 13.3. The molecule has 178 valence electrons.